The van der Waals surface area contributed by atoms with Gasteiger partial charge < -0.3 is 24.8 Å². The number of primary amides is 1. The van der Waals surface area contributed by atoms with Gasteiger partial charge in [0.15, 0.2) is 18.1 Å². The molecule has 7 nitrogen and oxygen atoms in total. The van der Waals surface area contributed by atoms with Crippen molar-refractivity contribution < 1.29 is 37.0 Å². The highest BCUT2D eigenvalue weighted by Crippen LogP contribution is 2.39. The summed E-state index contributed by atoms with van der Waals surface area (Å²) in [4.78, 5) is 23.9. The lowest BCUT2D eigenvalue weighted by molar-refractivity contribution is -0.139. The Morgan fingerprint density at radius 1 is 1.23 bits per heavy atom. The van der Waals surface area contributed by atoms with E-state index in [0.717, 1.165) is 0 Å². The molecule has 2 amide bonds. The molecule has 1 rings (SSSR count). The lowest BCUT2D eigenvalue weighted by Crippen LogP contribution is -2.39. The lowest BCUT2D eigenvalue weighted by atomic mass is 10.1. The van der Waals surface area contributed by atoms with E-state index in [9.17, 15) is 22.8 Å². The molecule has 1 aromatic carbocycles. The van der Waals surface area contributed by atoms with Crippen LogP contribution in [-0.2, 0) is 4.79 Å². The molecule has 0 aliphatic heterocycles. The van der Waals surface area contributed by atoms with Crippen molar-refractivity contribution in [3.05, 3.63) is 30.4 Å². The summed E-state index contributed by atoms with van der Waals surface area (Å²) in [7, 11) is 2.52. The smallest absolute Gasteiger partial charge is 0.406 e. The van der Waals surface area contributed by atoms with Crippen molar-refractivity contribution in [3.63, 3.8) is 0 Å². The molecule has 2 N–H and O–H groups in total. The number of nitrogens with zero attached hydrogens (tertiary/aromatic N) is 1. The second-order valence-electron chi connectivity index (χ2n) is 5.05. The number of hydrogen-bond acceptors (Lipinski definition) is 5. The fourth-order valence-electron chi connectivity index (χ4n) is 2.06. The van der Waals surface area contributed by atoms with Gasteiger partial charge in [0.25, 0.3) is 11.8 Å². The molecule has 0 saturated heterocycles. The molecule has 0 aliphatic carbocycles. The summed E-state index contributed by atoms with van der Waals surface area (Å²) in [5.74, 6) is -1.66. The average molecular weight is 376 g/mol. The number of carbonyl (C=O) groups is 2. The normalized spacial score (nSPS) is 10.8. The summed E-state index contributed by atoms with van der Waals surface area (Å²) >= 11 is 0. The molecule has 0 radical (unpaired) electrons. The number of methoxy groups -OCH3 is 2. The highest BCUT2D eigenvalue weighted by Gasteiger charge is 2.33. The monoisotopic (exact) mass is 376 g/mol. The first kappa shape index (κ1) is 21.1. The van der Waals surface area contributed by atoms with E-state index in [1.54, 1.807) is 0 Å². The van der Waals surface area contributed by atoms with Crippen LogP contribution in [0.2, 0.25) is 0 Å². The second kappa shape index (κ2) is 8.97. The van der Waals surface area contributed by atoms with Crippen molar-refractivity contribution in [2.45, 2.75) is 6.18 Å². The van der Waals surface area contributed by atoms with Gasteiger partial charge >= 0.3 is 6.18 Å². The molecule has 144 valence electrons. The van der Waals surface area contributed by atoms with E-state index >= 15 is 0 Å². The Morgan fingerprint density at radius 2 is 1.77 bits per heavy atom. The predicted octanol–water partition coefficient (Wildman–Crippen LogP) is 1.76. The van der Waals surface area contributed by atoms with Gasteiger partial charge in [0, 0.05) is 12.1 Å². The number of ether oxygens (including phenoxy) is 3. The van der Waals surface area contributed by atoms with Crippen LogP contribution in [0.5, 0.6) is 17.2 Å². The molecule has 0 atom stereocenters. The minimum Gasteiger partial charge on any atom is -0.493 e. The SMILES string of the molecule is C=CCN(CC(F)(F)F)C(=O)c1cc(OC)c(OCC(N)=O)c(OC)c1. The number of hydrogen-bond donors (Lipinski definition) is 1. The van der Waals surface area contributed by atoms with Crippen LogP contribution in [0.3, 0.4) is 0 Å². The molecular formula is C16H19F3N2O5. The largest absolute Gasteiger partial charge is 0.493 e. The van der Waals surface area contributed by atoms with E-state index in [1.807, 2.05) is 0 Å². The number of benzene rings is 1. The van der Waals surface area contributed by atoms with Crippen molar-refractivity contribution in [3.8, 4) is 17.2 Å². The van der Waals surface area contributed by atoms with Crippen LogP contribution in [-0.4, -0.2) is 56.8 Å². The van der Waals surface area contributed by atoms with E-state index in [0.29, 0.717) is 4.90 Å². The summed E-state index contributed by atoms with van der Waals surface area (Å²) in [6.07, 6.45) is -3.39. The van der Waals surface area contributed by atoms with E-state index in [1.165, 1.54) is 32.4 Å². The van der Waals surface area contributed by atoms with Crippen LogP contribution in [0, 0.1) is 0 Å². The Balaban J connectivity index is 3.27. The fourth-order valence-corrected chi connectivity index (χ4v) is 2.06. The quantitative estimate of drug-likeness (QED) is 0.663. The molecule has 0 bridgehead atoms. The van der Waals surface area contributed by atoms with E-state index in [4.69, 9.17) is 19.9 Å². The maximum Gasteiger partial charge on any atom is 0.406 e. The Morgan fingerprint density at radius 3 is 2.15 bits per heavy atom. The van der Waals surface area contributed by atoms with E-state index in [-0.39, 0.29) is 29.4 Å². The van der Waals surface area contributed by atoms with Gasteiger partial charge in [-0.2, -0.15) is 13.2 Å². The molecular weight excluding hydrogens is 357 g/mol. The fraction of sp³-hybridized carbons (Fsp3) is 0.375. The van der Waals surface area contributed by atoms with Crippen molar-refractivity contribution in [2.75, 3.05) is 33.9 Å². The van der Waals surface area contributed by atoms with Crippen LogP contribution in [0.15, 0.2) is 24.8 Å². The third kappa shape index (κ3) is 5.87. The summed E-state index contributed by atoms with van der Waals surface area (Å²) in [6, 6.07) is 2.38. The molecule has 0 aromatic heterocycles. The van der Waals surface area contributed by atoms with Gasteiger partial charge in [0.2, 0.25) is 5.75 Å². The van der Waals surface area contributed by atoms with Crippen molar-refractivity contribution >= 4 is 11.8 Å². The Bertz CT molecular complexity index is 651. The molecule has 0 fully saturated rings. The van der Waals surface area contributed by atoms with Crippen LogP contribution in [0.25, 0.3) is 0 Å². The first-order chi connectivity index (χ1) is 12.1. The maximum atomic E-state index is 12.7. The third-order valence-electron chi connectivity index (χ3n) is 3.07. The first-order valence-corrected chi connectivity index (χ1v) is 7.27. The highest BCUT2D eigenvalue weighted by molar-refractivity contribution is 5.95. The molecule has 1 aromatic rings. The molecule has 0 spiro atoms. The molecule has 0 aliphatic rings. The Hall–Kier alpha value is -2.91. The molecule has 26 heavy (non-hydrogen) atoms. The average Bonchev–Trinajstić information content (AvgIpc) is 2.56. The number of amides is 2. The molecule has 0 saturated carbocycles. The van der Waals surface area contributed by atoms with Crippen molar-refractivity contribution in [1.82, 2.24) is 4.90 Å². The van der Waals surface area contributed by atoms with E-state index in [2.05, 4.69) is 6.58 Å². The van der Waals surface area contributed by atoms with Crippen molar-refractivity contribution in [1.29, 1.82) is 0 Å². The standard InChI is InChI=1S/C16H19F3N2O5/c1-4-5-21(9-16(17,18)19)15(23)10-6-11(24-2)14(12(7-10)25-3)26-8-13(20)22/h4,6-7H,1,5,8-9H2,2-3H3,(H2,20,22). The second-order valence-corrected chi connectivity index (χ2v) is 5.05. The number of nitrogens with two attached hydrogens (primary N) is 1. The van der Waals surface area contributed by atoms with Crippen molar-refractivity contribution in [2.24, 2.45) is 5.73 Å². The lowest BCUT2D eigenvalue weighted by Gasteiger charge is -2.23. The van der Waals surface area contributed by atoms with E-state index < -0.39 is 31.1 Å². The van der Waals surface area contributed by atoms with Crippen LogP contribution in [0.1, 0.15) is 10.4 Å². The van der Waals surface area contributed by atoms with Gasteiger partial charge in [-0.15, -0.1) is 6.58 Å². The van der Waals surface area contributed by atoms with Gasteiger partial charge in [-0.05, 0) is 12.1 Å². The Labute approximate surface area is 148 Å². The summed E-state index contributed by atoms with van der Waals surface area (Å²) in [6.45, 7) is 1.13. The number of carbonyl (C=O) groups excluding carboxylic acids is 2. The highest BCUT2D eigenvalue weighted by atomic mass is 19.4. The third-order valence-corrected chi connectivity index (χ3v) is 3.07. The topological polar surface area (TPSA) is 91.1 Å². The van der Waals surface area contributed by atoms with Gasteiger partial charge in [-0.3, -0.25) is 9.59 Å². The van der Waals surface area contributed by atoms with Crippen LogP contribution < -0.4 is 19.9 Å². The Kier molecular flexibility index (Phi) is 7.29. The zero-order valence-electron chi connectivity index (χ0n) is 14.3. The van der Waals surface area contributed by atoms with Gasteiger partial charge in [-0.1, -0.05) is 6.08 Å². The zero-order valence-corrected chi connectivity index (χ0v) is 14.3. The number of alkyl halides is 3. The maximum absolute atomic E-state index is 12.7. The van der Waals surface area contributed by atoms with Gasteiger partial charge in [0.05, 0.1) is 14.2 Å². The van der Waals surface area contributed by atoms with Gasteiger partial charge in [0.1, 0.15) is 6.54 Å². The summed E-state index contributed by atoms with van der Waals surface area (Å²) in [5.41, 5.74) is 4.90. The zero-order chi connectivity index (χ0) is 19.9. The minimum absolute atomic E-state index is 0.000452. The number of halogens is 3. The molecule has 10 heteroatoms. The van der Waals surface area contributed by atoms with Crippen LogP contribution in [0.4, 0.5) is 13.2 Å². The molecule has 0 heterocycles. The van der Waals surface area contributed by atoms with Crippen LogP contribution >= 0.6 is 0 Å². The minimum atomic E-state index is -4.57. The summed E-state index contributed by atoms with van der Waals surface area (Å²) in [5, 5.41) is 0. The summed E-state index contributed by atoms with van der Waals surface area (Å²) < 4.78 is 53.4. The van der Waals surface area contributed by atoms with Gasteiger partial charge in [-0.25, -0.2) is 0 Å². The number of rotatable bonds is 9. The first-order valence-electron chi connectivity index (χ1n) is 7.27. The predicted molar refractivity (Wildman–Crippen MR) is 86.4 cm³/mol. The molecule has 0 unspecified atom stereocenters.